The van der Waals surface area contributed by atoms with Crippen LogP contribution in [0.1, 0.15) is 23.9 Å². The Bertz CT molecular complexity index is 665. The van der Waals surface area contributed by atoms with E-state index in [0.29, 0.717) is 5.82 Å². The van der Waals surface area contributed by atoms with E-state index in [1.165, 1.54) is 12.1 Å². The van der Waals surface area contributed by atoms with E-state index in [2.05, 4.69) is 20.1 Å². The van der Waals surface area contributed by atoms with E-state index in [9.17, 15) is 13.2 Å². The predicted octanol–water partition coefficient (Wildman–Crippen LogP) is 3.37. The maximum absolute atomic E-state index is 12.1. The first kappa shape index (κ1) is 17.1. The Balaban J connectivity index is 1.99. The Labute approximate surface area is 132 Å². The fourth-order valence-corrected chi connectivity index (χ4v) is 2.38. The molecular formula is C15H19F3N4O. The van der Waals surface area contributed by atoms with Crippen LogP contribution in [0.25, 0.3) is 0 Å². The van der Waals surface area contributed by atoms with Gasteiger partial charge in [-0.15, -0.1) is 13.2 Å². The van der Waals surface area contributed by atoms with Crippen molar-refractivity contribution in [3.63, 3.8) is 0 Å². The highest BCUT2D eigenvalue weighted by Crippen LogP contribution is 2.23. The van der Waals surface area contributed by atoms with Crippen molar-refractivity contribution < 1.29 is 17.9 Å². The highest BCUT2D eigenvalue weighted by molar-refractivity contribution is 5.39. The van der Waals surface area contributed by atoms with Crippen molar-refractivity contribution in [1.29, 1.82) is 0 Å². The van der Waals surface area contributed by atoms with Crippen molar-refractivity contribution in [1.82, 2.24) is 14.8 Å². The number of alkyl halides is 3. The van der Waals surface area contributed by atoms with Gasteiger partial charge in [-0.05, 0) is 44.9 Å². The number of pyridine rings is 1. The van der Waals surface area contributed by atoms with Gasteiger partial charge in [0.15, 0.2) is 0 Å². The molecule has 0 bridgehead atoms. The summed E-state index contributed by atoms with van der Waals surface area (Å²) in [5.41, 5.74) is 3.23. The number of aryl methyl sites for hydroxylation is 2. The molecule has 2 heterocycles. The van der Waals surface area contributed by atoms with Crippen molar-refractivity contribution in [2.24, 2.45) is 7.05 Å². The van der Waals surface area contributed by atoms with Crippen molar-refractivity contribution in [3.8, 4) is 5.75 Å². The minimum atomic E-state index is -4.71. The van der Waals surface area contributed by atoms with Crippen LogP contribution in [0.15, 0.2) is 18.3 Å². The summed E-state index contributed by atoms with van der Waals surface area (Å²) < 4.78 is 41.9. The van der Waals surface area contributed by atoms with Crippen molar-refractivity contribution in [3.05, 3.63) is 35.3 Å². The summed E-state index contributed by atoms with van der Waals surface area (Å²) in [5, 5.41) is 7.53. The zero-order valence-corrected chi connectivity index (χ0v) is 13.4. The van der Waals surface area contributed by atoms with Crippen molar-refractivity contribution in [2.45, 2.75) is 39.6 Å². The molecule has 2 aromatic rings. The van der Waals surface area contributed by atoms with Crippen LogP contribution in [0.5, 0.6) is 5.75 Å². The second kappa shape index (κ2) is 6.47. The molecule has 0 aliphatic rings. The molecule has 0 spiro atoms. The van der Waals surface area contributed by atoms with Gasteiger partial charge in [-0.1, -0.05) is 0 Å². The van der Waals surface area contributed by atoms with Crippen LogP contribution in [0.4, 0.5) is 19.0 Å². The van der Waals surface area contributed by atoms with Gasteiger partial charge >= 0.3 is 6.36 Å². The zero-order valence-electron chi connectivity index (χ0n) is 13.4. The van der Waals surface area contributed by atoms with Gasteiger partial charge in [0.05, 0.1) is 11.9 Å². The Kier molecular flexibility index (Phi) is 4.82. The van der Waals surface area contributed by atoms with E-state index >= 15 is 0 Å². The van der Waals surface area contributed by atoms with Crippen LogP contribution in [-0.2, 0) is 13.5 Å². The SMILES string of the molecule is Cc1nn(C)c(C)c1CC(C)Nc1ccc(OC(F)(F)F)cn1. The molecule has 0 aromatic carbocycles. The Morgan fingerprint density at radius 1 is 1.30 bits per heavy atom. The second-order valence-electron chi connectivity index (χ2n) is 5.45. The van der Waals surface area contributed by atoms with Crippen LogP contribution < -0.4 is 10.1 Å². The molecule has 1 unspecified atom stereocenters. The molecule has 2 rings (SSSR count). The lowest BCUT2D eigenvalue weighted by atomic mass is 10.1. The van der Waals surface area contributed by atoms with E-state index in [1.54, 1.807) is 0 Å². The summed E-state index contributed by atoms with van der Waals surface area (Å²) in [7, 11) is 1.89. The monoisotopic (exact) mass is 328 g/mol. The van der Waals surface area contributed by atoms with E-state index in [-0.39, 0.29) is 11.8 Å². The topological polar surface area (TPSA) is 52.0 Å². The van der Waals surface area contributed by atoms with E-state index in [4.69, 9.17) is 0 Å². The molecule has 5 nitrogen and oxygen atoms in total. The fraction of sp³-hybridized carbons (Fsp3) is 0.467. The van der Waals surface area contributed by atoms with Gasteiger partial charge in [0.2, 0.25) is 0 Å². The Morgan fingerprint density at radius 3 is 2.48 bits per heavy atom. The van der Waals surface area contributed by atoms with E-state index in [0.717, 1.165) is 29.6 Å². The minimum absolute atomic E-state index is 0.0542. The van der Waals surface area contributed by atoms with Gasteiger partial charge in [-0.2, -0.15) is 5.10 Å². The number of rotatable bonds is 5. The standard InChI is InChI=1S/C15H19F3N4O/c1-9(7-13-10(2)21-22(4)11(13)3)20-14-6-5-12(8-19-14)23-15(16,17)18/h5-6,8-9H,7H2,1-4H3,(H,19,20). The van der Waals surface area contributed by atoms with Crippen molar-refractivity contribution >= 4 is 5.82 Å². The molecule has 0 saturated carbocycles. The molecule has 0 saturated heterocycles. The first-order valence-corrected chi connectivity index (χ1v) is 7.13. The average Bonchev–Trinajstić information content (AvgIpc) is 2.66. The Hall–Kier alpha value is -2.25. The zero-order chi connectivity index (χ0) is 17.2. The average molecular weight is 328 g/mol. The maximum Gasteiger partial charge on any atom is 0.573 e. The van der Waals surface area contributed by atoms with E-state index < -0.39 is 6.36 Å². The fourth-order valence-electron chi connectivity index (χ4n) is 2.38. The number of ether oxygens (including phenoxy) is 1. The number of nitrogens with one attached hydrogen (secondary N) is 1. The van der Waals surface area contributed by atoms with Gasteiger partial charge in [-0.3, -0.25) is 4.68 Å². The largest absolute Gasteiger partial charge is 0.573 e. The lowest BCUT2D eigenvalue weighted by Gasteiger charge is -2.15. The third-order valence-electron chi connectivity index (χ3n) is 3.53. The number of aromatic nitrogens is 3. The quantitative estimate of drug-likeness (QED) is 0.914. The second-order valence-corrected chi connectivity index (χ2v) is 5.45. The summed E-state index contributed by atoms with van der Waals surface area (Å²) in [6, 6.07) is 2.75. The van der Waals surface area contributed by atoms with Crippen LogP contribution in [0.3, 0.4) is 0 Å². The molecule has 0 fully saturated rings. The third kappa shape index (κ3) is 4.61. The van der Waals surface area contributed by atoms with Crippen LogP contribution in [0, 0.1) is 13.8 Å². The van der Waals surface area contributed by atoms with Gasteiger partial charge in [-0.25, -0.2) is 4.98 Å². The highest BCUT2D eigenvalue weighted by atomic mass is 19.4. The highest BCUT2D eigenvalue weighted by Gasteiger charge is 2.31. The molecular weight excluding hydrogens is 309 g/mol. The predicted molar refractivity (Wildman–Crippen MR) is 80.4 cm³/mol. The van der Waals surface area contributed by atoms with Gasteiger partial charge in [0.1, 0.15) is 11.6 Å². The first-order valence-electron chi connectivity index (χ1n) is 7.13. The Morgan fingerprint density at radius 2 is 2.00 bits per heavy atom. The summed E-state index contributed by atoms with van der Waals surface area (Å²) in [4.78, 5) is 3.94. The van der Waals surface area contributed by atoms with Crippen LogP contribution in [-0.4, -0.2) is 27.2 Å². The summed E-state index contributed by atoms with van der Waals surface area (Å²) >= 11 is 0. The van der Waals surface area contributed by atoms with Gasteiger partial charge in [0.25, 0.3) is 0 Å². The summed E-state index contributed by atoms with van der Waals surface area (Å²) in [5.74, 6) is 0.154. The molecule has 0 amide bonds. The summed E-state index contributed by atoms with van der Waals surface area (Å²) in [6.45, 7) is 5.94. The summed E-state index contributed by atoms with van der Waals surface area (Å²) in [6.07, 6.45) is -2.92. The minimum Gasteiger partial charge on any atom is -0.404 e. The first-order chi connectivity index (χ1) is 10.7. The number of halogens is 3. The van der Waals surface area contributed by atoms with Crippen LogP contribution >= 0.6 is 0 Å². The number of anilines is 1. The van der Waals surface area contributed by atoms with E-state index in [1.807, 2.05) is 32.5 Å². The van der Waals surface area contributed by atoms with Crippen molar-refractivity contribution in [2.75, 3.05) is 5.32 Å². The molecule has 0 radical (unpaired) electrons. The van der Waals surface area contributed by atoms with Gasteiger partial charge in [0, 0.05) is 18.8 Å². The third-order valence-corrected chi connectivity index (χ3v) is 3.53. The lowest BCUT2D eigenvalue weighted by molar-refractivity contribution is -0.274. The molecule has 0 aliphatic carbocycles. The molecule has 8 heteroatoms. The molecule has 1 atom stereocenters. The smallest absolute Gasteiger partial charge is 0.404 e. The molecule has 23 heavy (non-hydrogen) atoms. The molecule has 126 valence electrons. The van der Waals surface area contributed by atoms with Crippen LogP contribution in [0.2, 0.25) is 0 Å². The maximum atomic E-state index is 12.1. The molecule has 2 aromatic heterocycles. The number of nitrogens with zero attached hydrogens (tertiary/aromatic N) is 3. The normalized spacial score (nSPS) is 13.0. The number of hydrogen-bond acceptors (Lipinski definition) is 4. The molecule has 1 N–H and O–H groups in total. The van der Waals surface area contributed by atoms with Gasteiger partial charge < -0.3 is 10.1 Å². The molecule has 0 aliphatic heterocycles. The number of hydrogen-bond donors (Lipinski definition) is 1. The lowest BCUT2D eigenvalue weighted by Crippen LogP contribution is -2.20.